The van der Waals surface area contributed by atoms with Crippen LogP contribution in [-0.4, -0.2) is 37.2 Å². The molecule has 19 heavy (non-hydrogen) atoms. The minimum absolute atomic E-state index is 0.721. The van der Waals surface area contributed by atoms with Crippen LogP contribution in [0.15, 0.2) is 24.3 Å². The Hall–Kier alpha value is -1.06. The lowest BCUT2D eigenvalue weighted by Crippen LogP contribution is -2.47. The summed E-state index contributed by atoms with van der Waals surface area (Å²) < 4.78 is 5.32. The molecule has 2 aliphatic rings. The Labute approximate surface area is 115 Å². The third-order valence-electron chi connectivity index (χ3n) is 4.79. The largest absolute Gasteiger partial charge is 0.497 e. The van der Waals surface area contributed by atoms with Gasteiger partial charge in [-0.3, -0.25) is 4.90 Å². The van der Waals surface area contributed by atoms with E-state index in [0.29, 0.717) is 0 Å². The van der Waals surface area contributed by atoms with Gasteiger partial charge in [-0.1, -0.05) is 12.1 Å². The summed E-state index contributed by atoms with van der Waals surface area (Å²) in [5.74, 6) is 0.968. The standard InChI is InChI=1S/C16H24N2O/c1-17-13-9-14-6-7-15(10-13)18(14)11-12-4-3-5-16(8-12)19-2/h3-5,8,13-15,17H,6-7,9-11H2,1-2H3. The van der Waals surface area contributed by atoms with Crippen molar-refractivity contribution in [2.75, 3.05) is 14.2 Å². The molecule has 2 fully saturated rings. The van der Waals surface area contributed by atoms with Crippen molar-refractivity contribution in [2.24, 2.45) is 0 Å². The molecule has 1 aromatic carbocycles. The summed E-state index contributed by atoms with van der Waals surface area (Å²) >= 11 is 0. The van der Waals surface area contributed by atoms with Crippen molar-refractivity contribution in [3.05, 3.63) is 29.8 Å². The Bertz CT molecular complexity index is 421. The summed E-state index contributed by atoms with van der Waals surface area (Å²) in [6.45, 7) is 1.07. The molecule has 2 bridgehead atoms. The van der Waals surface area contributed by atoms with Crippen molar-refractivity contribution in [2.45, 2.75) is 50.4 Å². The lowest BCUT2D eigenvalue weighted by atomic mass is 9.97. The van der Waals surface area contributed by atoms with E-state index in [-0.39, 0.29) is 0 Å². The molecule has 0 spiro atoms. The lowest BCUT2D eigenvalue weighted by molar-refractivity contribution is 0.111. The van der Waals surface area contributed by atoms with Gasteiger partial charge >= 0.3 is 0 Å². The molecular formula is C16H24N2O. The van der Waals surface area contributed by atoms with Crippen LogP contribution in [0.4, 0.5) is 0 Å². The van der Waals surface area contributed by atoms with Crippen LogP contribution in [-0.2, 0) is 6.54 Å². The summed E-state index contributed by atoms with van der Waals surface area (Å²) in [5, 5.41) is 3.46. The van der Waals surface area contributed by atoms with Crippen LogP contribution < -0.4 is 10.1 Å². The lowest BCUT2D eigenvalue weighted by Gasteiger charge is -2.39. The summed E-state index contributed by atoms with van der Waals surface area (Å²) in [4.78, 5) is 2.71. The van der Waals surface area contributed by atoms with Crippen molar-refractivity contribution in [3.63, 3.8) is 0 Å². The number of benzene rings is 1. The number of nitrogens with one attached hydrogen (secondary N) is 1. The van der Waals surface area contributed by atoms with Crippen molar-refractivity contribution in [3.8, 4) is 5.75 Å². The molecule has 2 aliphatic heterocycles. The maximum Gasteiger partial charge on any atom is 0.119 e. The zero-order valence-electron chi connectivity index (χ0n) is 11.9. The predicted molar refractivity (Wildman–Crippen MR) is 77.4 cm³/mol. The molecule has 0 aromatic heterocycles. The van der Waals surface area contributed by atoms with Crippen LogP contribution in [0.1, 0.15) is 31.2 Å². The summed E-state index contributed by atoms with van der Waals surface area (Å²) in [6.07, 6.45) is 5.34. The quantitative estimate of drug-likeness (QED) is 0.900. The molecule has 104 valence electrons. The highest BCUT2D eigenvalue weighted by atomic mass is 16.5. The van der Waals surface area contributed by atoms with E-state index in [1.807, 2.05) is 6.07 Å². The number of ether oxygens (including phenoxy) is 1. The maximum absolute atomic E-state index is 5.32. The number of fused-ring (bicyclic) bond motifs is 2. The van der Waals surface area contributed by atoms with Gasteiger partial charge in [-0.25, -0.2) is 0 Å². The fourth-order valence-corrected chi connectivity index (χ4v) is 3.75. The van der Waals surface area contributed by atoms with Gasteiger partial charge < -0.3 is 10.1 Å². The number of piperidine rings is 1. The predicted octanol–water partition coefficient (Wildman–Crippen LogP) is 2.41. The van der Waals surface area contributed by atoms with Gasteiger partial charge in [-0.2, -0.15) is 0 Å². The molecule has 2 heterocycles. The molecule has 2 unspecified atom stereocenters. The SMILES string of the molecule is CNC1CC2CCC(C1)N2Cc1cccc(OC)c1. The number of methoxy groups -OCH3 is 1. The van der Waals surface area contributed by atoms with Gasteiger partial charge in [0.2, 0.25) is 0 Å². The molecule has 2 saturated heterocycles. The van der Waals surface area contributed by atoms with Crippen LogP contribution in [0, 0.1) is 0 Å². The first-order chi connectivity index (χ1) is 9.30. The van der Waals surface area contributed by atoms with E-state index < -0.39 is 0 Å². The highest BCUT2D eigenvalue weighted by Crippen LogP contribution is 2.36. The van der Waals surface area contributed by atoms with E-state index in [2.05, 4.69) is 35.5 Å². The van der Waals surface area contributed by atoms with Crippen molar-refractivity contribution in [1.29, 1.82) is 0 Å². The Kier molecular flexibility index (Phi) is 3.76. The molecular weight excluding hydrogens is 236 g/mol. The van der Waals surface area contributed by atoms with Gasteiger partial charge in [-0.05, 0) is 50.4 Å². The van der Waals surface area contributed by atoms with Crippen LogP contribution in [0.3, 0.4) is 0 Å². The highest BCUT2D eigenvalue weighted by molar-refractivity contribution is 5.28. The van der Waals surface area contributed by atoms with Crippen molar-refractivity contribution < 1.29 is 4.74 Å². The van der Waals surface area contributed by atoms with E-state index in [4.69, 9.17) is 4.74 Å². The number of hydrogen-bond donors (Lipinski definition) is 1. The second-order valence-electron chi connectivity index (χ2n) is 5.87. The highest BCUT2D eigenvalue weighted by Gasteiger charge is 2.39. The maximum atomic E-state index is 5.32. The third-order valence-corrected chi connectivity index (χ3v) is 4.79. The van der Waals surface area contributed by atoms with Crippen LogP contribution in [0.2, 0.25) is 0 Å². The van der Waals surface area contributed by atoms with E-state index in [1.165, 1.54) is 31.2 Å². The first-order valence-electron chi connectivity index (χ1n) is 7.36. The van der Waals surface area contributed by atoms with Crippen molar-refractivity contribution >= 4 is 0 Å². The fraction of sp³-hybridized carbons (Fsp3) is 0.625. The second kappa shape index (κ2) is 5.51. The van der Waals surface area contributed by atoms with Gasteiger partial charge in [0.15, 0.2) is 0 Å². The molecule has 1 N–H and O–H groups in total. The molecule has 0 saturated carbocycles. The molecule has 1 aromatic rings. The van der Waals surface area contributed by atoms with E-state index in [9.17, 15) is 0 Å². The first-order valence-corrected chi connectivity index (χ1v) is 7.36. The third kappa shape index (κ3) is 2.63. The monoisotopic (exact) mass is 260 g/mol. The molecule has 3 rings (SSSR count). The van der Waals surface area contributed by atoms with Gasteiger partial charge in [0.1, 0.15) is 5.75 Å². The first kappa shape index (κ1) is 12.9. The Morgan fingerprint density at radius 1 is 1.26 bits per heavy atom. The number of rotatable bonds is 4. The van der Waals surface area contributed by atoms with Gasteiger partial charge in [0, 0.05) is 24.7 Å². The summed E-state index contributed by atoms with van der Waals surface area (Å²) in [5.41, 5.74) is 1.37. The van der Waals surface area contributed by atoms with Crippen LogP contribution in [0.5, 0.6) is 5.75 Å². The zero-order chi connectivity index (χ0) is 13.2. The number of nitrogens with zero attached hydrogens (tertiary/aromatic N) is 1. The summed E-state index contributed by atoms with van der Waals surface area (Å²) in [6, 6.07) is 10.8. The molecule has 0 amide bonds. The fourth-order valence-electron chi connectivity index (χ4n) is 3.75. The average Bonchev–Trinajstić information content (AvgIpc) is 2.69. The van der Waals surface area contributed by atoms with Crippen LogP contribution in [0.25, 0.3) is 0 Å². The van der Waals surface area contributed by atoms with Crippen LogP contribution >= 0.6 is 0 Å². The minimum atomic E-state index is 0.721. The van der Waals surface area contributed by atoms with E-state index in [1.54, 1.807) is 7.11 Å². The second-order valence-corrected chi connectivity index (χ2v) is 5.87. The molecule has 3 heteroatoms. The van der Waals surface area contributed by atoms with E-state index >= 15 is 0 Å². The molecule has 2 atom stereocenters. The van der Waals surface area contributed by atoms with Gasteiger partial charge in [0.05, 0.1) is 7.11 Å². The molecule has 3 nitrogen and oxygen atoms in total. The van der Waals surface area contributed by atoms with Gasteiger partial charge in [0.25, 0.3) is 0 Å². The minimum Gasteiger partial charge on any atom is -0.497 e. The Morgan fingerprint density at radius 3 is 2.63 bits per heavy atom. The van der Waals surface area contributed by atoms with Crippen molar-refractivity contribution in [1.82, 2.24) is 10.2 Å². The topological polar surface area (TPSA) is 24.5 Å². The Balaban J connectivity index is 1.70. The smallest absolute Gasteiger partial charge is 0.119 e. The zero-order valence-corrected chi connectivity index (χ0v) is 11.9. The summed E-state index contributed by atoms with van der Waals surface area (Å²) in [7, 11) is 3.84. The van der Waals surface area contributed by atoms with Gasteiger partial charge in [-0.15, -0.1) is 0 Å². The molecule has 0 radical (unpaired) electrons. The normalized spacial score (nSPS) is 30.5. The van der Waals surface area contributed by atoms with E-state index in [0.717, 1.165) is 30.4 Å². The molecule has 0 aliphatic carbocycles. The number of hydrogen-bond acceptors (Lipinski definition) is 3. The average molecular weight is 260 g/mol. The Morgan fingerprint density at radius 2 is 2.00 bits per heavy atom.